The van der Waals surface area contributed by atoms with Gasteiger partial charge in [-0.3, -0.25) is 0 Å². The van der Waals surface area contributed by atoms with Crippen molar-refractivity contribution in [3.63, 3.8) is 0 Å². The molecule has 0 spiro atoms. The normalized spacial score (nSPS) is 11.2. The van der Waals surface area contributed by atoms with Gasteiger partial charge in [-0.05, 0) is 45.9 Å². The molecule has 4 rings (SSSR count). The smallest absolute Gasteiger partial charge is 0.350 e. The maximum absolute atomic E-state index is 12.0. The van der Waals surface area contributed by atoms with Gasteiger partial charge in [-0.25, -0.2) is 9.59 Å². The van der Waals surface area contributed by atoms with Crippen molar-refractivity contribution in [2.75, 3.05) is 0 Å². The van der Waals surface area contributed by atoms with Crippen LogP contribution in [0.1, 0.15) is 0 Å². The summed E-state index contributed by atoms with van der Waals surface area (Å²) in [6, 6.07) is 18.1. The van der Waals surface area contributed by atoms with E-state index in [4.69, 9.17) is 8.83 Å². The van der Waals surface area contributed by atoms with Gasteiger partial charge in [0.1, 0.15) is 21.0 Å². The van der Waals surface area contributed by atoms with Gasteiger partial charge < -0.3 is 8.83 Å². The van der Waals surface area contributed by atoms with Gasteiger partial charge in [0.25, 0.3) is 0 Å². The average molecular weight is 354 g/mol. The fraction of sp³-hybridized carbons (Fsp3) is 0. The molecular weight excluding hydrogens is 344 g/mol. The molecule has 2 heterocycles. The summed E-state index contributed by atoms with van der Waals surface area (Å²) < 4.78 is 10.6. The van der Waals surface area contributed by atoms with E-state index in [0.717, 1.165) is 10.8 Å². The first-order chi connectivity index (χ1) is 11.7. The summed E-state index contributed by atoms with van der Waals surface area (Å²) in [4.78, 5) is 25.0. The van der Waals surface area contributed by atoms with Crippen molar-refractivity contribution in [2.45, 2.75) is 9.79 Å². The van der Waals surface area contributed by atoms with Crippen molar-refractivity contribution in [3.05, 3.63) is 81.5 Å². The van der Waals surface area contributed by atoms with E-state index in [2.05, 4.69) is 0 Å². The molecule has 0 unspecified atom stereocenters. The number of hydrogen-bond donors (Lipinski definition) is 0. The van der Waals surface area contributed by atoms with Crippen LogP contribution in [-0.2, 0) is 0 Å². The van der Waals surface area contributed by atoms with Crippen LogP contribution < -0.4 is 11.3 Å². The predicted octanol–water partition coefficient (Wildman–Crippen LogP) is 4.70. The zero-order chi connectivity index (χ0) is 16.5. The molecule has 0 saturated heterocycles. The zero-order valence-corrected chi connectivity index (χ0v) is 13.9. The first-order valence-corrected chi connectivity index (χ1v) is 9.26. The van der Waals surface area contributed by atoms with Crippen molar-refractivity contribution in [2.24, 2.45) is 0 Å². The van der Waals surface area contributed by atoms with Gasteiger partial charge in [0.05, 0.1) is 0 Å². The number of benzene rings is 2. The van der Waals surface area contributed by atoms with Crippen molar-refractivity contribution in [1.82, 2.24) is 0 Å². The fourth-order valence-electron chi connectivity index (χ4n) is 2.29. The van der Waals surface area contributed by atoms with Gasteiger partial charge in [-0.2, -0.15) is 0 Å². The van der Waals surface area contributed by atoms with Crippen LogP contribution in [0.3, 0.4) is 0 Å². The van der Waals surface area contributed by atoms with E-state index in [0.29, 0.717) is 21.0 Å². The molecule has 6 heteroatoms. The number of hydrogen-bond acceptors (Lipinski definition) is 6. The Labute approximate surface area is 143 Å². The SMILES string of the molecule is O=c1oc2ccccc2cc1SSc1cc2ccccc2oc1=O. The minimum Gasteiger partial charge on any atom is -0.422 e. The maximum Gasteiger partial charge on any atom is 0.350 e. The molecule has 0 bridgehead atoms. The Morgan fingerprint density at radius 1 is 0.625 bits per heavy atom. The van der Waals surface area contributed by atoms with Gasteiger partial charge in [0.15, 0.2) is 0 Å². The van der Waals surface area contributed by atoms with Crippen molar-refractivity contribution in [1.29, 1.82) is 0 Å². The molecule has 0 aliphatic heterocycles. The summed E-state index contributed by atoms with van der Waals surface area (Å²) in [5.74, 6) is 0. The van der Waals surface area contributed by atoms with E-state index in [1.165, 1.54) is 21.6 Å². The molecule has 2 aromatic carbocycles. The van der Waals surface area contributed by atoms with Gasteiger partial charge in [0, 0.05) is 10.8 Å². The highest BCUT2D eigenvalue weighted by atomic mass is 33.1. The molecule has 0 aliphatic rings. The summed E-state index contributed by atoms with van der Waals surface area (Å²) in [5, 5.41) is 1.68. The molecule has 118 valence electrons. The van der Waals surface area contributed by atoms with E-state index in [9.17, 15) is 9.59 Å². The topological polar surface area (TPSA) is 60.4 Å². The third-order valence-corrected chi connectivity index (χ3v) is 5.78. The van der Waals surface area contributed by atoms with Crippen LogP contribution >= 0.6 is 21.6 Å². The maximum atomic E-state index is 12.0. The molecule has 0 fully saturated rings. The van der Waals surface area contributed by atoms with E-state index in [1.54, 1.807) is 24.3 Å². The summed E-state index contributed by atoms with van der Waals surface area (Å²) >= 11 is 0. The predicted molar refractivity (Wildman–Crippen MR) is 96.7 cm³/mol. The lowest BCUT2D eigenvalue weighted by atomic mass is 10.2. The second-order valence-electron chi connectivity index (χ2n) is 5.04. The largest absolute Gasteiger partial charge is 0.422 e. The molecule has 4 aromatic rings. The van der Waals surface area contributed by atoms with Crippen LogP contribution in [0.15, 0.2) is 88.9 Å². The molecular formula is C18H10O4S2. The molecule has 4 nitrogen and oxygen atoms in total. The van der Waals surface area contributed by atoms with Gasteiger partial charge in [-0.1, -0.05) is 36.4 Å². The number of fused-ring (bicyclic) bond motifs is 2. The van der Waals surface area contributed by atoms with E-state index >= 15 is 0 Å². The average Bonchev–Trinajstić information content (AvgIpc) is 2.60. The van der Waals surface area contributed by atoms with Gasteiger partial charge in [-0.15, -0.1) is 0 Å². The first kappa shape index (κ1) is 15.1. The Balaban J connectivity index is 1.68. The summed E-state index contributed by atoms with van der Waals surface area (Å²) in [6.45, 7) is 0. The molecule has 0 saturated carbocycles. The van der Waals surface area contributed by atoms with Crippen LogP contribution in [0, 0.1) is 0 Å². The van der Waals surface area contributed by atoms with Gasteiger partial charge >= 0.3 is 11.3 Å². The lowest BCUT2D eigenvalue weighted by Crippen LogP contribution is -2.02. The quantitative estimate of drug-likeness (QED) is 0.393. The van der Waals surface area contributed by atoms with E-state index < -0.39 is 11.3 Å². The zero-order valence-electron chi connectivity index (χ0n) is 12.2. The van der Waals surface area contributed by atoms with Crippen LogP contribution in [0.25, 0.3) is 21.9 Å². The van der Waals surface area contributed by atoms with Gasteiger partial charge in [0.2, 0.25) is 0 Å². The summed E-state index contributed by atoms with van der Waals surface area (Å²) in [6.07, 6.45) is 0. The first-order valence-electron chi connectivity index (χ1n) is 7.11. The van der Waals surface area contributed by atoms with Crippen molar-refractivity contribution in [3.8, 4) is 0 Å². The summed E-state index contributed by atoms with van der Waals surface area (Å²) in [5.41, 5.74) is 0.247. The standard InChI is InChI=1S/C18H10O4S2/c19-17-15(9-11-5-1-3-7-13(11)21-17)23-24-16-10-12-6-2-4-8-14(12)22-18(16)20/h1-10H. The third kappa shape index (κ3) is 2.86. The second kappa shape index (κ2) is 6.22. The Hall–Kier alpha value is -2.44. The molecule has 0 atom stereocenters. The molecule has 0 radical (unpaired) electrons. The fourth-order valence-corrected chi connectivity index (χ4v) is 4.28. The minimum absolute atomic E-state index is 0.420. The molecule has 0 N–H and O–H groups in total. The molecule has 24 heavy (non-hydrogen) atoms. The van der Waals surface area contributed by atoms with Crippen LogP contribution in [0.5, 0.6) is 0 Å². The van der Waals surface area contributed by atoms with Crippen molar-refractivity contribution >= 4 is 43.5 Å². The Morgan fingerprint density at radius 3 is 1.50 bits per heavy atom. The van der Waals surface area contributed by atoms with Crippen LogP contribution in [-0.4, -0.2) is 0 Å². The highest BCUT2D eigenvalue weighted by molar-refractivity contribution is 8.76. The monoisotopic (exact) mass is 354 g/mol. The number of rotatable bonds is 3. The Morgan fingerprint density at radius 2 is 1.04 bits per heavy atom. The third-order valence-electron chi connectivity index (χ3n) is 3.44. The van der Waals surface area contributed by atoms with E-state index in [1.807, 2.05) is 36.4 Å². The highest BCUT2D eigenvalue weighted by Crippen LogP contribution is 2.36. The minimum atomic E-state index is -0.420. The molecule has 0 amide bonds. The van der Waals surface area contributed by atoms with Crippen molar-refractivity contribution < 1.29 is 8.83 Å². The molecule has 2 aromatic heterocycles. The lowest BCUT2D eigenvalue weighted by molar-refractivity contribution is 0.543. The summed E-state index contributed by atoms with van der Waals surface area (Å²) in [7, 11) is 2.38. The van der Waals surface area contributed by atoms with Crippen LogP contribution in [0.4, 0.5) is 0 Å². The number of para-hydroxylation sites is 2. The molecule has 0 aliphatic carbocycles. The van der Waals surface area contributed by atoms with E-state index in [-0.39, 0.29) is 0 Å². The van der Waals surface area contributed by atoms with Crippen LogP contribution in [0.2, 0.25) is 0 Å². The Kier molecular flexibility index (Phi) is 3.92. The second-order valence-corrected chi connectivity index (χ2v) is 7.25. The highest BCUT2D eigenvalue weighted by Gasteiger charge is 2.10. The lowest BCUT2D eigenvalue weighted by Gasteiger charge is -2.02. The Bertz CT molecular complexity index is 1070.